The molecule has 0 fully saturated rings. The fourth-order valence-electron chi connectivity index (χ4n) is 5.11. The molecule has 164 valence electrons. The van der Waals surface area contributed by atoms with Gasteiger partial charge in [0.25, 0.3) is 0 Å². The van der Waals surface area contributed by atoms with Gasteiger partial charge in [-0.05, 0) is 30.6 Å². The Kier molecular flexibility index (Phi) is 17.6. The summed E-state index contributed by atoms with van der Waals surface area (Å²) in [6.07, 6.45) is 23.9. The highest BCUT2D eigenvalue weighted by Gasteiger charge is 2.38. The normalized spacial score (nSPS) is 12.7. The van der Waals surface area contributed by atoms with Crippen LogP contribution in [0.5, 0.6) is 0 Å². The van der Waals surface area contributed by atoms with Crippen molar-refractivity contribution < 1.29 is 0 Å². The fourth-order valence-corrected chi connectivity index (χ4v) is 11.6. The standard InChI is InChI=1S/C26H56P/c1-8-9-10-11-12-13-14-15-16-17-18-19-20-27(21-24(2)3,22-25(4)5)23-26(6)7/h24-26H,8-23H2,1-7H3/q+1. The molecule has 0 spiro atoms. The second kappa shape index (κ2) is 17.3. The first-order chi connectivity index (χ1) is 12.8. The predicted octanol–water partition coefficient (Wildman–Crippen LogP) is 9.67. The first-order valence-electron chi connectivity index (χ1n) is 12.7. The van der Waals surface area contributed by atoms with Crippen molar-refractivity contribution in [3.05, 3.63) is 0 Å². The van der Waals surface area contributed by atoms with Crippen LogP contribution in [0, 0.1) is 17.8 Å². The second-order valence-electron chi connectivity index (χ2n) is 10.7. The van der Waals surface area contributed by atoms with Gasteiger partial charge in [0, 0.05) is 7.26 Å². The van der Waals surface area contributed by atoms with Crippen LogP contribution in [0.15, 0.2) is 0 Å². The molecule has 0 aliphatic heterocycles. The first kappa shape index (κ1) is 27.4. The van der Waals surface area contributed by atoms with Crippen molar-refractivity contribution in [3.8, 4) is 0 Å². The van der Waals surface area contributed by atoms with E-state index in [1.807, 2.05) is 0 Å². The van der Waals surface area contributed by atoms with E-state index in [-0.39, 0.29) is 0 Å². The SMILES string of the molecule is CCCCCCCCCCCCCC[P+](CC(C)C)(CC(C)C)CC(C)C. The van der Waals surface area contributed by atoms with Gasteiger partial charge in [-0.2, -0.15) is 0 Å². The number of rotatable bonds is 19. The van der Waals surface area contributed by atoms with E-state index >= 15 is 0 Å². The Hall–Kier alpha value is 0.430. The predicted molar refractivity (Wildman–Crippen MR) is 132 cm³/mol. The molecule has 0 aromatic heterocycles. The zero-order valence-electron chi connectivity index (χ0n) is 20.5. The Balaban J connectivity index is 4.01. The van der Waals surface area contributed by atoms with Gasteiger partial charge >= 0.3 is 0 Å². The van der Waals surface area contributed by atoms with Crippen LogP contribution in [0.2, 0.25) is 0 Å². The molecule has 0 aliphatic carbocycles. The van der Waals surface area contributed by atoms with Gasteiger partial charge in [-0.15, -0.1) is 0 Å². The summed E-state index contributed by atoms with van der Waals surface area (Å²) in [5.41, 5.74) is 0. The lowest BCUT2D eigenvalue weighted by Crippen LogP contribution is -2.20. The Morgan fingerprint density at radius 1 is 0.444 bits per heavy atom. The Labute approximate surface area is 175 Å². The van der Waals surface area contributed by atoms with Gasteiger partial charge < -0.3 is 0 Å². The maximum absolute atomic E-state index is 2.46. The number of unbranched alkanes of at least 4 members (excludes halogenated alkanes) is 11. The molecule has 0 radical (unpaired) electrons. The molecule has 0 saturated carbocycles. The minimum atomic E-state index is -0.744. The molecule has 0 nitrogen and oxygen atoms in total. The zero-order chi connectivity index (χ0) is 20.5. The van der Waals surface area contributed by atoms with Gasteiger partial charge in [-0.1, -0.05) is 113 Å². The Morgan fingerprint density at radius 2 is 0.741 bits per heavy atom. The summed E-state index contributed by atoms with van der Waals surface area (Å²) >= 11 is 0. The third-order valence-electron chi connectivity index (χ3n) is 5.74. The van der Waals surface area contributed by atoms with E-state index < -0.39 is 7.26 Å². The highest BCUT2D eigenvalue weighted by atomic mass is 31.2. The smallest absolute Gasteiger partial charge is 0.0617 e. The van der Waals surface area contributed by atoms with Gasteiger partial charge in [-0.3, -0.25) is 0 Å². The maximum Gasteiger partial charge on any atom is 0.0617 e. The van der Waals surface area contributed by atoms with Crippen molar-refractivity contribution in [1.29, 1.82) is 0 Å². The largest absolute Gasteiger partial charge is 0.0654 e. The summed E-state index contributed by atoms with van der Waals surface area (Å²) in [6, 6.07) is 0. The van der Waals surface area contributed by atoms with Crippen molar-refractivity contribution in [2.45, 2.75) is 126 Å². The molecule has 1 heteroatoms. The Bertz CT molecular complexity index is 279. The molecule has 0 aromatic carbocycles. The molecule has 0 N–H and O–H groups in total. The number of hydrogen-bond acceptors (Lipinski definition) is 0. The molecule has 0 aromatic rings. The topological polar surface area (TPSA) is 0 Å². The second-order valence-corrected chi connectivity index (χ2v) is 14.9. The average molecular weight is 400 g/mol. The summed E-state index contributed by atoms with van der Waals surface area (Å²) < 4.78 is 0. The van der Waals surface area contributed by atoms with E-state index in [2.05, 4.69) is 48.5 Å². The van der Waals surface area contributed by atoms with Crippen LogP contribution in [0.3, 0.4) is 0 Å². The molecule has 27 heavy (non-hydrogen) atoms. The lowest BCUT2D eigenvalue weighted by atomic mass is 10.1. The van der Waals surface area contributed by atoms with E-state index in [0.29, 0.717) is 0 Å². The van der Waals surface area contributed by atoms with Crippen molar-refractivity contribution in [3.63, 3.8) is 0 Å². The van der Waals surface area contributed by atoms with Crippen LogP contribution in [0.25, 0.3) is 0 Å². The summed E-state index contributed by atoms with van der Waals surface area (Å²) in [6.45, 7) is 17.0. The first-order valence-corrected chi connectivity index (χ1v) is 15.2. The van der Waals surface area contributed by atoms with Gasteiger partial charge in [0.2, 0.25) is 0 Å². The average Bonchev–Trinajstić information content (AvgIpc) is 2.53. The van der Waals surface area contributed by atoms with Crippen LogP contribution >= 0.6 is 7.26 Å². The van der Waals surface area contributed by atoms with Crippen molar-refractivity contribution in [1.82, 2.24) is 0 Å². The lowest BCUT2D eigenvalue weighted by molar-refractivity contribution is 0.547. The molecule has 0 amide bonds. The van der Waals surface area contributed by atoms with E-state index in [0.717, 1.165) is 17.8 Å². The molecule has 0 rings (SSSR count). The van der Waals surface area contributed by atoms with Crippen molar-refractivity contribution >= 4 is 7.26 Å². The summed E-state index contributed by atoms with van der Waals surface area (Å²) in [7, 11) is -0.744. The van der Waals surface area contributed by atoms with E-state index in [4.69, 9.17) is 0 Å². The van der Waals surface area contributed by atoms with Crippen LogP contribution in [0.4, 0.5) is 0 Å². The summed E-state index contributed by atoms with van der Waals surface area (Å²) in [5.74, 6) is 2.65. The highest BCUT2D eigenvalue weighted by molar-refractivity contribution is 7.75. The van der Waals surface area contributed by atoms with Crippen LogP contribution in [0.1, 0.15) is 126 Å². The molecule has 0 atom stereocenters. The van der Waals surface area contributed by atoms with Crippen molar-refractivity contribution in [2.24, 2.45) is 17.8 Å². The fraction of sp³-hybridized carbons (Fsp3) is 1.00. The van der Waals surface area contributed by atoms with E-state index in [1.54, 1.807) is 24.6 Å². The van der Waals surface area contributed by atoms with Crippen LogP contribution in [-0.2, 0) is 0 Å². The third-order valence-corrected chi connectivity index (χ3v) is 11.5. The molecule has 0 aliphatic rings. The van der Waals surface area contributed by atoms with E-state index in [9.17, 15) is 0 Å². The molecule has 0 unspecified atom stereocenters. The van der Waals surface area contributed by atoms with Gasteiger partial charge in [0.05, 0.1) is 24.6 Å². The van der Waals surface area contributed by atoms with Crippen molar-refractivity contribution in [2.75, 3.05) is 24.6 Å². The summed E-state index contributed by atoms with van der Waals surface area (Å²) in [5, 5.41) is 0. The van der Waals surface area contributed by atoms with Crippen LogP contribution < -0.4 is 0 Å². The third kappa shape index (κ3) is 17.0. The highest BCUT2D eigenvalue weighted by Crippen LogP contribution is 2.62. The molecular weight excluding hydrogens is 343 g/mol. The molecule has 0 bridgehead atoms. The lowest BCUT2D eigenvalue weighted by Gasteiger charge is -2.32. The Morgan fingerprint density at radius 3 is 1.04 bits per heavy atom. The quantitative estimate of drug-likeness (QED) is 0.150. The van der Waals surface area contributed by atoms with Gasteiger partial charge in [-0.25, -0.2) is 0 Å². The minimum Gasteiger partial charge on any atom is -0.0654 e. The minimum absolute atomic E-state index is 0.744. The van der Waals surface area contributed by atoms with Gasteiger partial charge in [0.15, 0.2) is 0 Å². The molecular formula is C26H56P+. The van der Waals surface area contributed by atoms with Gasteiger partial charge in [0.1, 0.15) is 0 Å². The molecule has 0 saturated heterocycles. The van der Waals surface area contributed by atoms with Crippen LogP contribution in [-0.4, -0.2) is 24.6 Å². The number of hydrogen-bond donors (Lipinski definition) is 0. The molecule has 0 heterocycles. The summed E-state index contributed by atoms with van der Waals surface area (Å²) in [4.78, 5) is 0. The zero-order valence-corrected chi connectivity index (χ0v) is 21.4. The maximum atomic E-state index is 2.46. The van der Waals surface area contributed by atoms with E-state index in [1.165, 1.54) is 77.0 Å². The monoisotopic (exact) mass is 399 g/mol.